The van der Waals surface area contributed by atoms with Crippen molar-refractivity contribution in [2.24, 2.45) is 5.92 Å². The molecule has 1 heteroatoms. The van der Waals surface area contributed by atoms with E-state index >= 15 is 0 Å². The quantitative estimate of drug-likeness (QED) is 0.771. The number of benzene rings is 1. The first-order chi connectivity index (χ1) is 6.63. The van der Waals surface area contributed by atoms with E-state index < -0.39 is 0 Å². The van der Waals surface area contributed by atoms with Gasteiger partial charge < -0.3 is 5.32 Å². The molecule has 1 aromatic carbocycles. The SMILES string of the molecule is CNCC(C)Cc1ccc(C)cc1C. The molecule has 0 spiro atoms. The zero-order chi connectivity index (χ0) is 10.6. The van der Waals surface area contributed by atoms with Gasteiger partial charge in [-0.2, -0.15) is 0 Å². The molecule has 14 heavy (non-hydrogen) atoms. The van der Waals surface area contributed by atoms with Crippen LogP contribution in [-0.2, 0) is 6.42 Å². The van der Waals surface area contributed by atoms with Crippen LogP contribution in [0.15, 0.2) is 18.2 Å². The molecule has 78 valence electrons. The van der Waals surface area contributed by atoms with E-state index in [1.807, 2.05) is 7.05 Å². The number of nitrogens with one attached hydrogen (secondary N) is 1. The van der Waals surface area contributed by atoms with E-state index in [1.165, 1.54) is 23.1 Å². The van der Waals surface area contributed by atoms with Crippen molar-refractivity contribution >= 4 is 0 Å². The summed E-state index contributed by atoms with van der Waals surface area (Å²) < 4.78 is 0. The minimum Gasteiger partial charge on any atom is -0.319 e. The minimum atomic E-state index is 0.710. The van der Waals surface area contributed by atoms with E-state index in [0.29, 0.717) is 5.92 Å². The topological polar surface area (TPSA) is 12.0 Å². The summed E-state index contributed by atoms with van der Waals surface area (Å²) >= 11 is 0. The van der Waals surface area contributed by atoms with Crippen molar-refractivity contribution in [1.82, 2.24) is 5.32 Å². The maximum atomic E-state index is 3.22. The molecular weight excluding hydrogens is 170 g/mol. The van der Waals surface area contributed by atoms with Gasteiger partial charge in [-0.1, -0.05) is 30.7 Å². The van der Waals surface area contributed by atoms with Crippen LogP contribution in [0.25, 0.3) is 0 Å². The second-order valence-corrected chi connectivity index (χ2v) is 4.30. The van der Waals surface area contributed by atoms with Gasteiger partial charge in [0.2, 0.25) is 0 Å². The lowest BCUT2D eigenvalue weighted by atomic mass is 9.96. The molecule has 0 aliphatic rings. The van der Waals surface area contributed by atoms with E-state index in [1.54, 1.807) is 0 Å². The normalized spacial score (nSPS) is 12.9. The monoisotopic (exact) mass is 191 g/mol. The van der Waals surface area contributed by atoms with Gasteiger partial charge in [-0.05, 0) is 50.9 Å². The molecule has 1 unspecified atom stereocenters. The number of hydrogen-bond donors (Lipinski definition) is 1. The van der Waals surface area contributed by atoms with Crippen molar-refractivity contribution in [3.8, 4) is 0 Å². The highest BCUT2D eigenvalue weighted by Gasteiger charge is 2.04. The van der Waals surface area contributed by atoms with Crippen LogP contribution in [-0.4, -0.2) is 13.6 Å². The summed E-state index contributed by atoms with van der Waals surface area (Å²) in [5, 5.41) is 3.22. The van der Waals surface area contributed by atoms with Crippen LogP contribution < -0.4 is 5.32 Å². The Balaban J connectivity index is 2.67. The lowest BCUT2D eigenvalue weighted by Gasteiger charge is -2.13. The maximum Gasteiger partial charge on any atom is -0.00230 e. The molecule has 0 heterocycles. The maximum absolute atomic E-state index is 3.22. The molecule has 0 amide bonds. The average molecular weight is 191 g/mol. The Morgan fingerprint density at radius 2 is 2.00 bits per heavy atom. The van der Waals surface area contributed by atoms with Gasteiger partial charge in [-0.3, -0.25) is 0 Å². The predicted octanol–water partition coefficient (Wildman–Crippen LogP) is 2.70. The molecule has 1 nitrogen and oxygen atoms in total. The fraction of sp³-hybridized carbons (Fsp3) is 0.538. The Kier molecular flexibility index (Phi) is 4.15. The molecule has 1 N–H and O–H groups in total. The Morgan fingerprint density at radius 3 is 2.57 bits per heavy atom. The summed E-state index contributed by atoms with van der Waals surface area (Å²) in [5.74, 6) is 0.710. The molecule has 0 aliphatic heterocycles. The van der Waals surface area contributed by atoms with Crippen LogP contribution in [0.3, 0.4) is 0 Å². The highest BCUT2D eigenvalue weighted by Crippen LogP contribution is 2.14. The van der Waals surface area contributed by atoms with Gasteiger partial charge in [0, 0.05) is 0 Å². The van der Waals surface area contributed by atoms with E-state index in [2.05, 4.69) is 44.3 Å². The lowest BCUT2D eigenvalue weighted by Crippen LogP contribution is -2.18. The smallest absolute Gasteiger partial charge is 0.00230 e. The summed E-state index contributed by atoms with van der Waals surface area (Å²) in [6.45, 7) is 7.73. The molecule has 1 atom stereocenters. The van der Waals surface area contributed by atoms with Crippen LogP contribution in [0.1, 0.15) is 23.6 Å². The van der Waals surface area contributed by atoms with Gasteiger partial charge in [0.15, 0.2) is 0 Å². The van der Waals surface area contributed by atoms with Crippen LogP contribution in [0.2, 0.25) is 0 Å². The first-order valence-electron chi connectivity index (χ1n) is 5.34. The van der Waals surface area contributed by atoms with Gasteiger partial charge in [-0.25, -0.2) is 0 Å². The van der Waals surface area contributed by atoms with Crippen molar-refractivity contribution < 1.29 is 0 Å². The molecule has 1 aromatic rings. The van der Waals surface area contributed by atoms with E-state index in [-0.39, 0.29) is 0 Å². The van der Waals surface area contributed by atoms with Gasteiger partial charge >= 0.3 is 0 Å². The summed E-state index contributed by atoms with van der Waals surface area (Å²) in [4.78, 5) is 0. The number of aryl methyl sites for hydroxylation is 2. The standard InChI is InChI=1S/C13H21N/c1-10-5-6-13(12(3)7-10)8-11(2)9-14-4/h5-7,11,14H,8-9H2,1-4H3. The fourth-order valence-electron chi connectivity index (χ4n) is 1.87. The molecule has 0 aromatic heterocycles. The lowest BCUT2D eigenvalue weighted by molar-refractivity contribution is 0.540. The zero-order valence-electron chi connectivity index (χ0n) is 9.72. The molecule has 1 rings (SSSR count). The molecule has 0 bridgehead atoms. The van der Waals surface area contributed by atoms with E-state index in [0.717, 1.165) is 6.54 Å². The van der Waals surface area contributed by atoms with Gasteiger partial charge in [0.1, 0.15) is 0 Å². The predicted molar refractivity (Wildman–Crippen MR) is 62.7 cm³/mol. The Labute approximate surface area is 87.5 Å². The number of hydrogen-bond acceptors (Lipinski definition) is 1. The zero-order valence-corrected chi connectivity index (χ0v) is 9.72. The van der Waals surface area contributed by atoms with Crippen molar-refractivity contribution in [3.63, 3.8) is 0 Å². The molecule has 0 fully saturated rings. The molecular formula is C13H21N. The molecule has 0 aliphatic carbocycles. The van der Waals surface area contributed by atoms with Crippen molar-refractivity contribution in [2.45, 2.75) is 27.2 Å². The van der Waals surface area contributed by atoms with Crippen molar-refractivity contribution in [2.75, 3.05) is 13.6 Å². The minimum absolute atomic E-state index is 0.710. The van der Waals surface area contributed by atoms with Crippen molar-refractivity contribution in [3.05, 3.63) is 34.9 Å². The Morgan fingerprint density at radius 1 is 1.29 bits per heavy atom. The second kappa shape index (κ2) is 5.16. The number of rotatable bonds is 4. The third kappa shape index (κ3) is 3.15. The second-order valence-electron chi connectivity index (χ2n) is 4.30. The third-order valence-electron chi connectivity index (χ3n) is 2.62. The van der Waals surface area contributed by atoms with Crippen LogP contribution in [0.4, 0.5) is 0 Å². The third-order valence-corrected chi connectivity index (χ3v) is 2.62. The summed E-state index contributed by atoms with van der Waals surface area (Å²) in [6.07, 6.45) is 1.17. The highest BCUT2D eigenvalue weighted by atomic mass is 14.8. The largest absolute Gasteiger partial charge is 0.319 e. The van der Waals surface area contributed by atoms with Crippen molar-refractivity contribution in [1.29, 1.82) is 0 Å². The van der Waals surface area contributed by atoms with Crippen LogP contribution in [0.5, 0.6) is 0 Å². The molecule has 0 saturated heterocycles. The van der Waals surface area contributed by atoms with Crippen LogP contribution in [0, 0.1) is 19.8 Å². The average Bonchev–Trinajstić information content (AvgIpc) is 2.10. The van der Waals surface area contributed by atoms with E-state index in [4.69, 9.17) is 0 Å². The highest BCUT2D eigenvalue weighted by molar-refractivity contribution is 5.30. The van der Waals surface area contributed by atoms with Crippen LogP contribution >= 0.6 is 0 Å². The van der Waals surface area contributed by atoms with Gasteiger partial charge in [0.25, 0.3) is 0 Å². The summed E-state index contributed by atoms with van der Waals surface area (Å²) in [7, 11) is 2.01. The first-order valence-corrected chi connectivity index (χ1v) is 5.34. The van der Waals surface area contributed by atoms with Gasteiger partial charge in [-0.15, -0.1) is 0 Å². The van der Waals surface area contributed by atoms with Gasteiger partial charge in [0.05, 0.1) is 0 Å². The molecule has 0 radical (unpaired) electrons. The fourth-order valence-corrected chi connectivity index (χ4v) is 1.87. The Bertz CT molecular complexity index is 291. The Hall–Kier alpha value is -0.820. The van der Waals surface area contributed by atoms with E-state index in [9.17, 15) is 0 Å². The molecule has 0 saturated carbocycles. The summed E-state index contributed by atoms with van der Waals surface area (Å²) in [5.41, 5.74) is 4.26. The first kappa shape index (κ1) is 11.3. The summed E-state index contributed by atoms with van der Waals surface area (Å²) in [6, 6.07) is 6.73.